The van der Waals surface area contributed by atoms with Crippen molar-refractivity contribution in [3.8, 4) is 0 Å². The molecule has 0 saturated heterocycles. The number of rotatable bonds is 6. The summed E-state index contributed by atoms with van der Waals surface area (Å²) in [6.07, 6.45) is 2.54. The summed E-state index contributed by atoms with van der Waals surface area (Å²) in [5.74, 6) is -1.74. The number of methoxy groups -OCH3 is 1. The van der Waals surface area contributed by atoms with Gasteiger partial charge in [-0.15, -0.1) is 0 Å². The van der Waals surface area contributed by atoms with Crippen molar-refractivity contribution in [2.75, 3.05) is 12.4 Å². The van der Waals surface area contributed by atoms with Crippen molar-refractivity contribution in [2.24, 2.45) is 0 Å². The predicted molar refractivity (Wildman–Crippen MR) is 112 cm³/mol. The molecule has 158 valence electrons. The number of nitrogens with zero attached hydrogens (tertiary/aromatic N) is 3. The first kappa shape index (κ1) is 21.4. The first-order chi connectivity index (χ1) is 14.2. The van der Waals surface area contributed by atoms with E-state index >= 15 is 0 Å². The van der Waals surface area contributed by atoms with Gasteiger partial charge in [-0.1, -0.05) is 0 Å². The number of halogens is 1. The van der Waals surface area contributed by atoms with Crippen LogP contribution in [0, 0.1) is 19.7 Å². The van der Waals surface area contributed by atoms with Crippen LogP contribution in [-0.2, 0) is 16.0 Å². The van der Waals surface area contributed by atoms with Crippen molar-refractivity contribution in [3.63, 3.8) is 0 Å². The van der Waals surface area contributed by atoms with E-state index in [1.165, 1.54) is 19.2 Å². The van der Waals surface area contributed by atoms with Gasteiger partial charge in [0.2, 0.25) is 5.91 Å². The SMILES string of the molecule is COC(=O)c1cc(NC(=O)CCc2c(C)nc3c(cnn3C(C)C)c2C)ccc1F. The fraction of sp³-hybridized carbons (Fsp3) is 0.364. The van der Waals surface area contributed by atoms with Crippen LogP contribution in [-0.4, -0.2) is 33.8 Å². The first-order valence-corrected chi connectivity index (χ1v) is 9.74. The number of pyridine rings is 1. The minimum absolute atomic E-state index is 0.205. The van der Waals surface area contributed by atoms with Crippen LogP contribution in [0.5, 0.6) is 0 Å². The molecule has 0 radical (unpaired) electrons. The molecule has 0 atom stereocenters. The third-order valence-corrected chi connectivity index (χ3v) is 5.08. The topological polar surface area (TPSA) is 86.1 Å². The van der Waals surface area contributed by atoms with Crippen LogP contribution in [0.25, 0.3) is 11.0 Å². The third kappa shape index (κ3) is 4.17. The predicted octanol–water partition coefficient (Wildman–Crippen LogP) is 4.13. The lowest BCUT2D eigenvalue weighted by Gasteiger charge is -2.13. The second kappa shape index (κ2) is 8.61. The highest BCUT2D eigenvalue weighted by Gasteiger charge is 2.17. The highest BCUT2D eigenvalue weighted by atomic mass is 19.1. The molecule has 1 aromatic carbocycles. The third-order valence-electron chi connectivity index (χ3n) is 5.08. The zero-order chi connectivity index (χ0) is 22.0. The number of anilines is 1. The van der Waals surface area contributed by atoms with E-state index in [1.54, 1.807) is 0 Å². The molecule has 0 spiro atoms. The van der Waals surface area contributed by atoms with Gasteiger partial charge < -0.3 is 10.1 Å². The quantitative estimate of drug-likeness (QED) is 0.616. The molecule has 2 aromatic heterocycles. The number of hydrogen-bond acceptors (Lipinski definition) is 5. The number of aryl methyl sites for hydroxylation is 2. The minimum Gasteiger partial charge on any atom is -0.465 e. The van der Waals surface area contributed by atoms with E-state index in [2.05, 4.69) is 29.0 Å². The number of aromatic nitrogens is 3. The van der Waals surface area contributed by atoms with Crippen molar-refractivity contribution in [1.82, 2.24) is 14.8 Å². The van der Waals surface area contributed by atoms with E-state index in [0.29, 0.717) is 12.1 Å². The molecule has 1 N–H and O–H groups in total. The number of amides is 1. The number of carbonyl (C=O) groups excluding carboxylic acids is 2. The van der Waals surface area contributed by atoms with E-state index in [0.717, 1.165) is 33.9 Å². The van der Waals surface area contributed by atoms with Gasteiger partial charge in [0, 0.05) is 29.2 Å². The molecule has 0 aliphatic rings. The minimum atomic E-state index is -0.795. The van der Waals surface area contributed by atoms with E-state index in [-0.39, 0.29) is 23.9 Å². The molecule has 2 heterocycles. The number of carbonyl (C=O) groups is 2. The Morgan fingerprint density at radius 2 is 2.00 bits per heavy atom. The van der Waals surface area contributed by atoms with Crippen LogP contribution in [0.4, 0.5) is 10.1 Å². The molecule has 0 bridgehead atoms. The molecular weight excluding hydrogens is 387 g/mol. The van der Waals surface area contributed by atoms with Crippen molar-refractivity contribution in [1.29, 1.82) is 0 Å². The summed E-state index contributed by atoms with van der Waals surface area (Å²) in [5.41, 5.74) is 3.89. The average Bonchev–Trinajstić information content (AvgIpc) is 3.12. The summed E-state index contributed by atoms with van der Waals surface area (Å²) < 4.78 is 20.2. The Labute approximate surface area is 174 Å². The van der Waals surface area contributed by atoms with Crippen LogP contribution in [0.15, 0.2) is 24.4 Å². The Kier molecular flexibility index (Phi) is 6.14. The molecular formula is C22H25FN4O3. The van der Waals surface area contributed by atoms with Crippen molar-refractivity contribution in [2.45, 2.75) is 46.6 Å². The molecule has 0 aliphatic heterocycles. The van der Waals surface area contributed by atoms with Crippen LogP contribution in [0.3, 0.4) is 0 Å². The second-order valence-corrected chi connectivity index (χ2v) is 7.46. The molecule has 30 heavy (non-hydrogen) atoms. The summed E-state index contributed by atoms with van der Waals surface area (Å²) in [6, 6.07) is 4.00. The van der Waals surface area contributed by atoms with Gasteiger partial charge in [-0.3, -0.25) is 4.79 Å². The largest absolute Gasteiger partial charge is 0.465 e. The van der Waals surface area contributed by atoms with Crippen LogP contribution in [0.2, 0.25) is 0 Å². The van der Waals surface area contributed by atoms with Crippen molar-refractivity contribution < 1.29 is 18.7 Å². The molecule has 0 saturated carbocycles. The second-order valence-electron chi connectivity index (χ2n) is 7.46. The molecule has 0 aliphatic carbocycles. The maximum atomic E-state index is 13.8. The summed E-state index contributed by atoms with van der Waals surface area (Å²) in [7, 11) is 1.17. The summed E-state index contributed by atoms with van der Waals surface area (Å²) in [5, 5.41) is 8.11. The Morgan fingerprint density at radius 1 is 1.27 bits per heavy atom. The zero-order valence-corrected chi connectivity index (χ0v) is 17.7. The fourth-order valence-electron chi connectivity index (χ4n) is 3.47. The molecule has 3 aromatic rings. The average molecular weight is 412 g/mol. The molecule has 1 amide bonds. The van der Waals surface area contributed by atoms with Gasteiger partial charge in [0.25, 0.3) is 0 Å². The van der Waals surface area contributed by atoms with Crippen molar-refractivity contribution >= 4 is 28.6 Å². The number of esters is 1. The van der Waals surface area contributed by atoms with E-state index in [9.17, 15) is 14.0 Å². The fourth-order valence-corrected chi connectivity index (χ4v) is 3.47. The summed E-state index contributed by atoms with van der Waals surface area (Å²) in [6.45, 7) is 8.05. The first-order valence-electron chi connectivity index (χ1n) is 9.74. The number of benzene rings is 1. The van der Waals surface area contributed by atoms with Crippen LogP contribution in [0.1, 0.15) is 53.5 Å². The maximum absolute atomic E-state index is 13.8. The number of nitrogens with one attached hydrogen (secondary N) is 1. The smallest absolute Gasteiger partial charge is 0.340 e. The molecule has 0 fully saturated rings. The lowest BCUT2D eigenvalue weighted by Crippen LogP contribution is -2.14. The van der Waals surface area contributed by atoms with E-state index in [4.69, 9.17) is 4.98 Å². The summed E-state index contributed by atoms with van der Waals surface area (Å²) in [4.78, 5) is 28.8. The Hall–Kier alpha value is -3.29. The number of fused-ring (bicyclic) bond motifs is 1. The monoisotopic (exact) mass is 412 g/mol. The summed E-state index contributed by atoms with van der Waals surface area (Å²) >= 11 is 0. The van der Waals surface area contributed by atoms with Gasteiger partial charge in [0.05, 0.1) is 18.9 Å². The van der Waals surface area contributed by atoms with E-state index in [1.807, 2.05) is 24.7 Å². The van der Waals surface area contributed by atoms with Crippen molar-refractivity contribution in [3.05, 3.63) is 52.6 Å². The zero-order valence-electron chi connectivity index (χ0n) is 17.7. The highest BCUT2D eigenvalue weighted by Crippen LogP contribution is 2.25. The van der Waals surface area contributed by atoms with Gasteiger partial charge in [0.15, 0.2) is 5.65 Å². The molecule has 3 rings (SSSR count). The highest BCUT2D eigenvalue weighted by molar-refractivity contribution is 5.94. The number of hydrogen-bond donors (Lipinski definition) is 1. The van der Waals surface area contributed by atoms with Gasteiger partial charge >= 0.3 is 5.97 Å². The maximum Gasteiger partial charge on any atom is 0.340 e. The van der Waals surface area contributed by atoms with E-state index < -0.39 is 11.8 Å². The molecule has 8 heteroatoms. The normalized spacial score (nSPS) is 11.2. The Bertz CT molecular complexity index is 1120. The lowest BCUT2D eigenvalue weighted by atomic mass is 10.0. The van der Waals surface area contributed by atoms with Crippen LogP contribution >= 0.6 is 0 Å². The molecule has 0 unspecified atom stereocenters. The Balaban J connectivity index is 1.75. The van der Waals surface area contributed by atoms with Gasteiger partial charge in [0.1, 0.15) is 5.82 Å². The van der Waals surface area contributed by atoms with Gasteiger partial charge in [-0.25, -0.2) is 18.9 Å². The van der Waals surface area contributed by atoms with Gasteiger partial charge in [-0.05, 0) is 63.4 Å². The van der Waals surface area contributed by atoms with Crippen LogP contribution < -0.4 is 5.32 Å². The lowest BCUT2D eigenvalue weighted by molar-refractivity contribution is -0.116. The number of ether oxygens (including phenoxy) is 1. The Morgan fingerprint density at radius 3 is 2.67 bits per heavy atom. The van der Waals surface area contributed by atoms with Gasteiger partial charge in [-0.2, -0.15) is 5.10 Å². The standard InChI is InChI=1S/C22H25FN4O3/c1-12(2)27-21-18(11-24-27)13(3)16(14(4)25-21)7-9-20(28)26-15-6-8-19(23)17(10-15)22(29)30-5/h6,8,10-12H,7,9H2,1-5H3,(H,26,28). The molecule has 7 nitrogen and oxygen atoms in total.